The van der Waals surface area contributed by atoms with Crippen molar-refractivity contribution in [1.82, 2.24) is 19.6 Å². The highest BCUT2D eigenvalue weighted by Crippen LogP contribution is 2.34. The largest absolute Gasteiger partial charge is 0.350 e. The van der Waals surface area contributed by atoms with E-state index in [0.717, 1.165) is 5.92 Å². The Morgan fingerprint density at radius 3 is 1.52 bits per heavy atom. The summed E-state index contributed by atoms with van der Waals surface area (Å²) in [4.78, 5) is 10.7. The molecule has 0 aliphatic carbocycles. The zero-order chi connectivity index (χ0) is 23.4. The van der Waals surface area contributed by atoms with Crippen molar-refractivity contribution in [3.05, 3.63) is 0 Å². The minimum absolute atomic E-state index is 0.394. The van der Waals surface area contributed by atoms with Crippen molar-refractivity contribution in [2.75, 3.05) is 79.5 Å². The molecule has 4 rings (SSSR count). The van der Waals surface area contributed by atoms with E-state index in [1.165, 1.54) is 129 Å². The molecule has 188 valence electrons. The summed E-state index contributed by atoms with van der Waals surface area (Å²) in [5.74, 6) is 3.84. The Balaban J connectivity index is 1.28. The molecule has 0 amide bonds. The molecule has 0 aromatic carbocycles. The number of nitrogens with zero attached hydrogens (tertiary/aromatic N) is 6. The third-order valence-corrected chi connectivity index (χ3v) is 8.56. The second kappa shape index (κ2) is 10.9. The van der Waals surface area contributed by atoms with E-state index in [4.69, 9.17) is 0 Å². The number of fused-ring (bicyclic) bond motifs is 2. The van der Waals surface area contributed by atoms with Gasteiger partial charge in [-0.1, -0.05) is 20.8 Å². The average Bonchev–Trinajstić information content (AvgIpc) is 2.77. The second-order valence-electron chi connectivity index (χ2n) is 12.2. The van der Waals surface area contributed by atoms with Crippen molar-refractivity contribution in [2.45, 2.75) is 72.1 Å². The fraction of sp³-hybridized carbons (Fsp3) is 0.926. The van der Waals surface area contributed by atoms with Crippen molar-refractivity contribution in [3.8, 4) is 0 Å². The van der Waals surface area contributed by atoms with Crippen LogP contribution in [0.15, 0.2) is 0 Å². The van der Waals surface area contributed by atoms with E-state index in [9.17, 15) is 0 Å². The number of rotatable bonds is 8. The van der Waals surface area contributed by atoms with Gasteiger partial charge in [-0.15, -0.1) is 0 Å². The molecule has 0 atom stereocenters. The smallest absolute Gasteiger partial charge is 0.267 e. The highest BCUT2D eigenvalue weighted by atomic mass is 15.4. The first-order valence-corrected chi connectivity index (χ1v) is 14.0. The van der Waals surface area contributed by atoms with Crippen LogP contribution in [0.25, 0.3) is 0 Å². The van der Waals surface area contributed by atoms with Gasteiger partial charge in [0.1, 0.15) is 0 Å². The predicted octanol–water partition coefficient (Wildman–Crippen LogP) is 3.03. The van der Waals surface area contributed by atoms with Crippen molar-refractivity contribution in [1.29, 1.82) is 0 Å². The van der Waals surface area contributed by atoms with Gasteiger partial charge in [0.05, 0.1) is 79.5 Å². The summed E-state index contributed by atoms with van der Waals surface area (Å²) in [6, 6.07) is 0. The summed E-state index contributed by atoms with van der Waals surface area (Å²) >= 11 is 0. The summed E-state index contributed by atoms with van der Waals surface area (Å²) in [5.41, 5.74) is 0.394. The Bertz CT molecular complexity index is 667. The van der Waals surface area contributed by atoms with Crippen LogP contribution >= 0.6 is 0 Å². The van der Waals surface area contributed by atoms with Gasteiger partial charge in [-0.2, -0.15) is 0 Å². The molecule has 33 heavy (non-hydrogen) atoms. The Morgan fingerprint density at radius 2 is 1.09 bits per heavy atom. The maximum atomic E-state index is 2.69. The van der Waals surface area contributed by atoms with E-state index in [1.807, 2.05) is 0 Å². The molecular weight excluding hydrogens is 408 g/mol. The van der Waals surface area contributed by atoms with E-state index in [2.05, 4.69) is 63.6 Å². The highest BCUT2D eigenvalue weighted by molar-refractivity contribution is 5.76. The lowest BCUT2D eigenvalue weighted by Gasteiger charge is -2.38. The summed E-state index contributed by atoms with van der Waals surface area (Å²) < 4.78 is 5.01. The van der Waals surface area contributed by atoms with Crippen LogP contribution < -0.4 is 0 Å². The molecule has 0 bridgehead atoms. The second-order valence-corrected chi connectivity index (χ2v) is 12.2. The van der Waals surface area contributed by atoms with Gasteiger partial charge in [0.15, 0.2) is 0 Å². The normalized spacial score (nSPS) is 22.4. The summed E-state index contributed by atoms with van der Waals surface area (Å²) in [7, 11) is 4.59. The first-order valence-electron chi connectivity index (χ1n) is 14.0. The van der Waals surface area contributed by atoms with E-state index >= 15 is 0 Å². The monoisotopic (exact) mass is 460 g/mol. The van der Waals surface area contributed by atoms with Crippen LogP contribution in [-0.2, 0) is 0 Å². The Hall–Kier alpha value is -1.46. The van der Waals surface area contributed by atoms with Crippen LogP contribution in [0.1, 0.15) is 72.1 Å². The lowest BCUT2D eigenvalue weighted by Crippen LogP contribution is -2.57. The molecule has 6 nitrogen and oxygen atoms in total. The van der Waals surface area contributed by atoms with Gasteiger partial charge < -0.3 is 0 Å². The minimum atomic E-state index is 0.394. The van der Waals surface area contributed by atoms with Gasteiger partial charge >= 0.3 is 11.9 Å². The van der Waals surface area contributed by atoms with Crippen molar-refractivity contribution in [3.63, 3.8) is 0 Å². The quantitative estimate of drug-likeness (QED) is 0.518. The van der Waals surface area contributed by atoms with Crippen LogP contribution in [0.4, 0.5) is 0 Å². The predicted molar refractivity (Wildman–Crippen MR) is 138 cm³/mol. The van der Waals surface area contributed by atoms with E-state index in [0.29, 0.717) is 5.41 Å². The molecule has 0 unspecified atom stereocenters. The fourth-order valence-electron chi connectivity index (χ4n) is 6.78. The molecule has 0 aromatic heterocycles. The molecule has 0 aromatic rings. The summed E-state index contributed by atoms with van der Waals surface area (Å²) in [6.45, 7) is 19.8. The van der Waals surface area contributed by atoms with Crippen molar-refractivity contribution in [2.24, 2.45) is 11.3 Å². The lowest BCUT2D eigenvalue weighted by atomic mass is 9.75. The first-order chi connectivity index (χ1) is 15.8. The molecule has 0 N–H and O–H groups in total. The topological polar surface area (TPSA) is 19.0 Å². The fourth-order valence-corrected chi connectivity index (χ4v) is 6.78. The summed E-state index contributed by atoms with van der Waals surface area (Å²) in [6.07, 6.45) is 10.6. The average molecular weight is 461 g/mol. The van der Waals surface area contributed by atoms with Crippen molar-refractivity contribution >= 4 is 11.9 Å². The maximum absolute atomic E-state index is 2.69. The van der Waals surface area contributed by atoms with Crippen LogP contribution in [0.3, 0.4) is 0 Å². The molecule has 0 spiro atoms. The molecule has 0 radical (unpaired) electrons. The summed E-state index contributed by atoms with van der Waals surface area (Å²) in [5, 5.41) is 0. The molecule has 6 heteroatoms. The first kappa shape index (κ1) is 24.7. The highest BCUT2D eigenvalue weighted by Gasteiger charge is 2.36. The van der Waals surface area contributed by atoms with Gasteiger partial charge in [-0.25, -0.2) is 0 Å². The molecular formula is C27H52N6+2. The number of guanidine groups is 2. The molecule has 4 aliphatic rings. The Kier molecular flexibility index (Phi) is 8.11. The molecule has 2 fully saturated rings. The van der Waals surface area contributed by atoms with Gasteiger partial charge in [0.25, 0.3) is 0 Å². The Morgan fingerprint density at radius 1 is 0.667 bits per heavy atom. The van der Waals surface area contributed by atoms with Gasteiger partial charge in [-0.3, -0.25) is 28.8 Å². The zero-order valence-corrected chi connectivity index (χ0v) is 22.5. The van der Waals surface area contributed by atoms with Crippen LogP contribution in [-0.4, -0.2) is 120 Å². The SMILES string of the molecule is C[N+]1=C2N(CCCC(CCCN3CCCN4CCC[N+](C)=C34)C(C)(C)C)CCCN2CCC1. The molecule has 0 saturated carbocycles. The number of hydrogen-bond acceptors (Lipinski definition) is 4. The third-order valence-electron chi connectivity index (χ3n) is 8.56. The van der Waals surface area contributed by atoms with Gasteiger partial charge in [0.2, 0.25) is 0 Å². The van der Waals surface area contributed by atoms with Crippen LogP contribution in [0.2, 0.25) is 0 Å². The van der Waals surface area contributed by atoms with E-state index in [-0.39, 0.29) is 0 Å². The molecule has 2 saturated heterocycles. The molecule has 4 heterocycles. The van der Waals surface area contributed by atoms with Gasteiger partial charge in [0, 0.05) is 25.7 Å². The number of hydrogen-bond donors (Lipinski definition) is 0. The Labute approximate surface area is 203 Å². The molecule has 4 aliphatic heterocycles. The van der Waals surface area contributed by atoms with Crippen LogP contribution in [0, 0.1) is 11.3 Å². The third kappa shape index (κ3) is 5.97. The standard InChI is InChI=1S/C27H52N6/c1-27(2,3)24(12-6-16-30-20-10-22-32-18-8-14-28(4)25(30)32)13-7-17-31-21-11-23-33-19-9-15-29(5)26(31)33/h24H,6-23H2,1-5H3/q+2. The lowest BCUT2D eigenvalue weighted by molar-refractivity contribution is -0.515. The van der Waals surface area contributed by atoms with Crippen molar-refractivity contribution < 1.29 is 9.15 Å². The van der Waals surface area contributed by atoms with E-state index < -0.39 is 0 Å². The van der Waals surface area contributed by atoms with Gasteiger partial charge in [-0.05, 0) is 37.0 Å². The van der Waals surface area contributed by atoms with Crippen LogP contribution in [0.5, 0.6) is 0 Å². The maximum Gasteiger partial charge on any atom is 0.350 e. The minimum Gasteiger partial charge on any atom is -0.267 e. The zero-order valence-electron chi connectivity index (χ0n) is 22.5. The van der Waals surface area contributed by atoms with E-state index in [1.54, 1.807) is 0 Å².